The molecule has 1 amide bonds. The van der Waals surface area contributed by atoms with Gasteiger partial charge in [-0.15, -0.1) is 0 Å². The van der Waals surface area contributed by atoms with E-state index in [0.29, 0.717) is 17.2 Å². The number of carbonyl (C=O) groups excluding carboxylic acids is 1. The minimum atomic E-state index is -1.05. The Morgan fingerprint density at radius 3 is 2.42 bits per heavy atom. The molecule has 1 fully saturated rings. The van der Waals surface area contributed by atoms with Gasteiger partial charge in [0.05, 0.1) is 25.5 Å². The van der Waals surface area contributed by atoms with Crippen LogP contribution >= 0.6 is 0 Å². The number of ether oxygens (including phenoxy) is 2. The Bertz CT molecular complexity index is 848. The fraction of sp³-hybridized carbons (Fsp3) is 0.300. The smallest absolute Gasteiger partial charge is 0.337 e. The largest absolute Gasteiger partial charge is 0.493 e. The van der Waals surface area contributed by atoms with Crippen LogP contribution in [-0.4, -0.2) is 38.3 Å². The molecule has 1 N–H and O–H groups in total. The van der Waals surface area contributed by atoms with Crippen molar-refractivity contribution in [3.63, 3.8) is 0 Å². The van der Waals surface area contributed by atoms with Gasteiger partial charge in [-0.2, -0.15) is 0 Å². The Kier molecular flexibility index (Phi) is 4.84. The molecule has 6 nitrogen and oxygen atoms in total. The van der Waals surface area contributed by atoms with Crippen LogP contribution in [0.15, 0.2) is 42.5 Å². The predicted octanol–water partition coefficient (Wildman–Crippen LogP) is 3.17. The molecule has 2 atom stereocenters. The molecule has 2 unspecified atom stereocenters. The van der Waals surface area contributed by atoms with Gasteiger partial charge in [0, 0.05) is 13.0 Å². The van der Waals surface area contributed by atoms with Crippen LogP contribution in [0.1, 0.15) is 28.3 Å². The summed E-state index contributed by atoms with van der Waals surface area (Å²) in [5.41, 5.74) is 1.54. The number of hydrogen-bond acceptors (Lipinski definition) is 4. The summed E-state index contributed by atoms with van der Waals surface area (Å²) in [4.78, 5) is 25.6. The monoisotopic (exact) mass is 355 g/mol. The third kappa shape index (κ3) is 3.22. The van der Waals surface area contributed by atoms with Crippen LogP contribution in [0.5, 0.6) is 11.5 Å². The molecule has 1 saturated carbocycles. The van der Waals surface area contributed by atoms with Gasteiger partial charge in [0.1, 0.15) is 0 Å². The van der Waals surface area contributed by atoms with Crippen molar-refractivity contribution in [2.45, 2.75) is 12.3 Å². The van der Waals surface area contributed by atoms with Gasteiger partial charge in [-0.25, -0.2) is 4.79 Å². The third-order valence-corrected chi connectivity index (χ3v) is 4.77. The number of nitrogens with zero attached hydrogens (tertiary/aromatic N) is 1. The lowest BCUT2D eigenvalue weighted by Crippen LogP contribution is -2.29. The van der Waals surface area contributed by atoms with Gasteiger partial charge in [0.2, 0.25) is 5.91 Å². The normalized spacial score (nSPS) is 18.1. The molecule has 6 heteroatoms. The van der Waals surface area contributed by atoms with Crippen LogP contribution < -0.4 is 14.4 Å². The van der Waals surface area contributed by atoms with Gasteiger partial charge < -0.3 is 19.5 Å². The molecule has 1 aliphatic rings. The molecule has 0 bridgehead atoms. The minimum Gasteiger partial charge on any atom is -0.493 e. The zero-order chi connectivity index (χ0) is 18.8. The highest BCUT2D eigenvalue weighted by Crippen LogP contribution is 2.50. The number of hydrogen-bond donors (Lipinski definition) is 1. The highest BCUT2D eigenvalue weighted by atomic mass is 16.5. The molecule has 3 rings (SSSR count). The third-order valence-electron chi connectivity index (χ3n) is 4.77. The van der Waals surface area contributed by atoms with Crippen molar-refractivity contribution in [3.05, 3.63) is 53.6 Å². The van der Waals surface area contributed by atoms with E-state index in [2.05, 4.69) is 0 Å². The summed E-state index contributed by atoms with van der Waals surface area (Å²) in [7, 11) is 4.78. The first kappa shape index (κ1) is 17.8. The molecule has 0 spiro atoms. The van der Waals surface area contributed by atoms with Crippen molar-refractivity contribution in [2.24, 2.45) is 5.92 Å². The predicted molar refractivity (Wildman–Crippen MR) is 97.2 cm³/mol. The van der Waals surface area contributed by atoms with Gasteiger partial charge in [-0.1, -0.05) is 18.2 Å². The Labute approximate surface area is 152 Å². The van der Waals surface area contributed by atoms with Crippen LogP contribution in [0.4, 0.5) is 5.69 Å². The summed E-state index contributed by atoms with van der Waals surface area (Å²) in [5, 5.41) is 9.32. The zero-order valence-electron chi connectivity index (χ0n) is 14.9. The van der Waals surface area contributed by atoms with Crippen LogP contribution in [-0.2, 0) is 4.79 Å². The summed E-state index contributed by atoms with van der Waals surface area (Å²) in [6, 6.07) is 12.2. The number of carboxylic acids is 1. The van der Waals surface area contributed by atoms with Crippen LogP contribution in [0.3, 0.4) is 0 Å². The van der Waals surface area contributed by atoms with E-state index in [4.69, 9.17) is 9.47 Å². The fourth-order valence-corrected chi connectivity index (χ4v) is 3.23. The first-order chi connectivity index (χ1) is 12.5. The first-order valence-corrected chi connectivity index (χ1v) is 8.29. The van der Waals surface area contributed by atoms with Gasteiger partial charge in [-0.05, 0) is 42.2 Å². The van der Waals surface area contributed by atoms with Gasteiger partial charge in [0.15, 0.2) is 11.5 Å². The summed E-state index contributed by atoms with van der Waals surface area (Å²) < 4.78 is 10.6. The second kappa shape index (κ2) is 7.07. The fourth-order valence-electron chi connectivity index (χ4n) is 3.23. The van der Waals surface area contributed by atoms with Gasteiger partial charge >= 0.3 is 5.97 Å². The Hall–Kier alpha value is -3.02. The number of aromatic carboxylic acids is 1. The number of rotatable bonds is 6. The van der Waals surface area contributed by atoms with E-state index in [1.54, 1.807) is 39.5 Å². The average Bonchev–Trinajstić information content (AvgIpc) is 3.47. The van der Waals surface area contributed by atoms with Crippen molar-refractivity contribution in [1.82, 2.24) is 0 Å². The minimum absolute atomic E-state index is 0.0847. The van der Waals surface area contributed by atoms with Crippen molar-refractivity contribution in [1.29, 1.82) is 0 Å². The van der Waals surface area contributed by atoms with E-state index in [-0.39, 0.29) is 23.3 Å². The second-order valence-electron chi connectivity index (χ2n) is 6.28. The average molecular weight is 355 g/mol. The number of carbonyl (C=O) groups is 2. The van der Waals surface area contributed by atoms with Crippen LogP contribution in [0.25, 0.3) is 0 Å². The van der Waals surface area contributed by atoms with E-state index in [1.807, 2.05) is 18.2 Å². The van der Waals surface area contributed by atoms with E-state index < -0.39 is 5.97 Å². The lowest BCUT2D eigenvalue weighted by molar-refractivity contribution is -0.119. The Morgan fingerprint density at radius 1 is 1.08 bits per heavy atom. The van der Waals surface area contributed by atoms with Crippen molar-refractivity contribution in [2.75, 3.05) is 26.2 Å². The molecule has 0 radical (unpaired) electrons. The number of carboxylic acid groups (broad SMARTS) is 1. The van der Waals surface area contributed by atoms with Crippen molar-refractivity contribution >= 4 is 17.6 Å². The molecule has 0 aromatic heterocycles. The highest BCUT2D eigenvalue weighted by Gasteiger charge is 2.46. The molecule has 136 valence electrons. The number of anilines is 1. The summed E-state index contributed by atoms with van der Waals surface area (Å²) in [6.45, 7) is 0. The van der Waals surface area contributed by atoms with E-state index in [0.717, 1.165) is 12.0 Å². The molecule has 1 aliphatic carbocycles. The molecule has 26 heavy (non-hydrogen) atoms. The number of amides is 1. The van der Waals surface area contributed by atoms with Crippen LogP contribution in [0, 0.1) is 5.92 Å². The maximum Gasteiger partial charge on any atom is 0.337 e. The van der Waals surface area contributed by atoms with Gasteiger partial charge in [-0.3, -0.25) is 4.79 Å². The quantitative estimate of drug-likeness (QED) is 0.861. The zero-order valence-corrected chi connectivity index (χ0v) is 14.9. The Morgan fingerprint density at radius 2 is 1.77 bits per heavy atom. The number of benzene rings is 2. The molecule has 2 aromatic rings. The molecule has 0 aliphatic heterocycles. The molecular weight excluding hydrogens is 334 g/mol. The number of methoxy groups -OCH3 is 2. The first-order valence-electron chi connectivity index (χ1n) is 8.29. The van der Waals surface area contributed by atoms with E-state index >= 15 is 0 Å². The van der Waals surface area contributed by atoms with Crippen molar-refractivity contribution < 1.29 is 24.2 Å². The maximum absolute atomic E-state index is 12.8. The maximum atomic E-state index is 12.8. The van der Waals surface area contributed by atoms with E-state index in [9.17, 15) is 14.7 Å². The highest BCUT2D eigenvalue weighted by molar-refractivity contribution is 6.03. The second-order valence-corrected chi connectivity index (χ2v) is 6.28. The topological polar surface area (TPSA) is 76.1 Å². The summed E-state index contributed by atoms with van der Waals surface area (Å²) in [5.74, 6) is 0.0765. The summed E-state index contributed by atoms with van der Waals surface area (Å²) >= 11 is 0. The van der Waals surface area contributed by atoms with Crippen molar-refractivity contribution in [3.8, 4) is 11.5 Å². The standard InChI is InChI=1S/C20H21NO5/c1-21(16-7-5-4-6-13(16)20(23)24)19(22)15-11-14(15)12-8-9-17(25-2)18(10-12)26-3/h4-10,14-15H,11H2,1-3H3,(H,23,24). The SMILES string of the molecule is COc1ccc(C2CC2C(=O)N(C)c2ccccc2C(=O)O)cc1OC. The molecule has 0 saturated heterocycles. The summed E-state index contributed by atoms with van der Waals surface area (Å²) in [6.07, 6.45) is 0.730. The Balaban J connectivity index is 1.78. The lowest BCUT2D eigenvalue weighted by Gasteiger charge is -2.19. The lowest BCUT2D eigenvalue weighted by atomic mass is 10.1. The molecular formula is C20H21NO5. The van der Waals surface area contributed by atoms with E-state index in [1.165, 1.54) is 11.0 Å². The van der Waals surface area contributed by atoms with Crippen LogP contribution in [0.2, 0.25) is 0 Å². The molecule has 2 aromatic carbocycles. The number of para-hydroxylation sites is 1. The molecule has 0 heterocycles. The van der Waals surface area contributed by atoms with Gasteiger partial charge in [0.25, 0.3) is 0 Å².